The number of allylic oxidation sites excluding steroid dienone is 2. The van der Waals surface area contributed by atoms with Gasteiger partial charge in [-0.3, -0.25) is 14.4 Å². The first kappa shape index (κ1) is 54.2. The van der Waals surface area contributed by atoms with Crippen LogP contribution in [0.1, 0.15) is 271 Å². The van der Waals surface area contributed by atoms with Crippen LogP contribution in [-0.4, -0.2) is 37.2 Å². The minimum Gasteiger partial charge on any atom is -0.462 e. The van der Waals surface area contributed by atoms with Gasteiger partial charge in [-0.25, -0.2) is 0 Å². The average molecular weight is 791 g/mol. The van der Waals surface area contributed by atoms with Crippen molar-refractivity contribution in [2.24, 2.45) is 0 Å². The van der Waals surface area contributed by atoms with Crippen LogP contribution in [0.5, 0.6) is 0 Å². The van der Waals surface area contributed by atoms with Crippen LogP contribution >= 0.6 is 0 Å². The summed E-state index contributed by atoms with van der Waals surface area (Å²) in [6, 6.07) is 0. The largest absolute Gasteiger partial charge is 0.462 e. The van der Waals surface area contributed by atoms with Gasteiger partial charge in [0.15, 0.2) is 6.10 Å². The van der Waals surface area contributed by atoms with E-state index in [0.29, 0.717) is 19.3 Å². The molecule has 0 aliphatic heterocycles. The van der Waals surface area contributed by atoms with E-state index < -0.39 is 6.10 Å². The molecule has 330 valence electrons. The van der Waals surface area contributed by atoms with Crippen LogP contribution in [0.15, 0.2) is 12.2 Å². The molecule has 0 N–H and O–H groups in total. The maximum atomic E-state index is 12.7. The normalized spacial score (nSPS) is 12.0. The predicted molar refractivity (Wildman–Crippen MR) is 238 cm³/mol. The Balaban J connectivity index is 4.34. The Morgan fingerprint density at radius 3 is 0.929 bits per heavy atom. The first-order valence-electron chi connectivity index (χ1n) is 24.7. The van der Waals surface area contributed by atoms with E-state index in [9.17, 15) is 14.4 Å². The fraction of sp³-hybridized carbons (Fsp3) is 0.900. The van der Waals surface area contributed by atoms with Gasteiger partial charge >= 0.3 is 17.9 Å². The molecule has 0 bridgehead atoms. The van der Waals surface area contributed by atoms with Crippen LogP contribution in [0.25, 0.3) is 0 Å². The van der Waals surface area contributed by atoms with Gasteiger partial charge in [0.05, 0.1) is 0 Å². The molecule has 0 amide bonds. The third-order valence-electron chi connectivity index (χ3n) is 11.0. The van der Waals surface area contributed by atoms with Crippen LogP contribution in [-0.2, 0) is 28.6 Å². The minimum absolute atomic E-state index is 0.0675. The van der Waals surface area contributed by atoms with Crippen molar-refractivity contribution < 1.29 is 28.6 Å². The molecule has 1 atom stereocenters. The Morgan fingerprint density at radius 2 is 0.589 bits per heavy atom. The zero-order valence-corrected chi connectivity index (χ0v) is 37.7. The Labute approximate surface area is 348 Å². The summed E-state index contributed by atoms with van der Waals surface area (Å²) in [5, 5.41) is 0. The Morgan fingerprint density at radius 1 is 0.339 bits per heavy atom. The van der Waals surface area contributed by atoms with E-state index in [1.165, 1.54) is 167 Å². The van der Waals surface area contributed by atoms with Crippen LogP contribution in [0.4, 0.5) is 0 Å². The molecule has 0 aliphatic carbocycles. The van der Waals surface area contributed by atoms with Gasteiger partial charge in [0, 0.05) is 19.3 Å². The fourth-order valence-corrected chi connectivity index (χ4v) is 7.26. The molecule has 0 rings (SSSR count). The lowest BCUT2D eigenvalue weighted by molar-refractivity contribution is -0.167. The SMILES string of the molecule is CCCCC/C=C\CCCCCCCC(=O)OCC(COC(=O)CCCCCCCCCCCCCCC)OC(=O)CCCCCCCCCCCCCCC. The topological polar surface area (TPSA) is 78.9 Å². The van der Waals surface area contributed by atoms with Crippen molar-refractivity contribution in [3.8, 4) is 0 Å². The van der Waals surface area contributed by atoms with Gasteiger partial charge in [-0.05, 0) is 44.9 Å². The lowest BCUT2D eigenvalue weighted by atomic mass is 10.0. The second-order valence-electron chi connectivity index (χ2n) is 16.7. The summed E-state index contributed by atoms with van der Waals surface area (Å²) in [7, 11) is 0. The quantitative estimate of drug-likeness (QED) is 0.0264. The maximum absolute atomic E-state index is 12.7. The number of carbonyl (C=O) groups excluding carboxylic acids is 3. The summed E-state index contributed by atoms with van der Waals surface area (Å²) in [5.74, 6) is -0.864. The molecule has 56 heavy (non-hydrogen) atoms. The van der Waals surface area contributed by atoms with Crippen LogP contribution < -0.4 is 0 Å². The summed E-state index contributed by atoms with van der Waals surface area (Å²) < 4.78 is 16.8. The highest BCUT2D eigenvalue weighted by Gasteiger charge is 2.19. The monoisotopic (exact) mass is 791 g/mol. The smallest absolute Gasteiger partial charge is 0.306 e. The summed E-state index contributed by atoms with van der Waals surface area (Å²) in [6.07, 6.45) is 49.0. The third-order valence-corrected chi connectivity index (χ3v) is 11.0. The predicted octanol–water partition coefficient (Wildman–Crippen LogP) is 15.8. The minimum atomic E-state index is -0.765. The summed E-state index contributed by atoms with van der Waals surface area (Å²) in [6.45, 7) is 6.63. The van der Waals surface area contributed by atoms with Crippen molar-refractivity contribution in [1.29, 1.82) is 0 Å². The highest BCUT2D eigenvalue weighted by atomic mass is 16.6. The third kappa shape index (κ3) is 43.3. The van der Waals surface area contributed by atoms with E-state index in [1.807, 2.05) is 0 Å². The standard InChI is InChI=1S/C50H94O6/c1-4-7-10-13-16-19-22-25-28-31-34-37-40-43-49(52)55-46-47(45-54-48(51)42-39-36-33-30-27-24-21-18-15-12-9-6-3)56-50(53)44-41-38-35-32-29-26-23-20-17-14-11-8-5-2/h18,21,47H,4-17,19-20,22-46H2,1-3H3/b21-18-. The molecule has 0 aromatic rings. The van der Waals surface area contributed by atoms with Gasteiger partial charge in [0.25, 0.3) is 0 Å². The number of rotatable bonds is 45. The molecule has 0 aromatic carbocycles. The van der Waals surface area contributed by atoms with Gasteiger partial charge in [-0.2, -0.15) is 0 Å². The number of hydrogen-bond acceptors (Lipinski definition) is 6. The first-order chi connectivity index (χ1) is 27.5. The van der Waals surface area contributed by atoms with Gasteiger partial charge in [-0.15, -0.1) is 0 Å². The average Bonchev–Trinajstić information content (AvgIpc) is 3.19. The molecule has 1 unspecified atom stereocenters. The van der Waals surface area contributed by atoms with Gasteiger partial charge < -0.3 is 14.2 Å². The van der Waals surface area contributed by atoms with Crippen molar-refractivity contribution >= 4 is 17.9 Å². The number of carbonyl (C=O) groups is 3. The molecule has 0 heterocycles. The van der Waals surface area contributed by atoms with Crippen molar-refractivity contribution in [1.82, 2.24) is 0 Å². The van der Waals surface area contributed by atoms with E-state index >= 15 is 0 Å². The molecule has 0 aliphatic rings. The molecule has 0 fully saturated rings. The molecule has 0 spiro atoms. The summed E-state index contributed by atoms with van der Waals surface area (Å²) in [5.41, 5.74) is 0. The maximum Gasteiger partial charge on any atom is 0.306 e. The molecule has 6 heteroatoms. The Kier molecular flexibility index (Phi) is 44.3. The second-order valence-corrected chi connectivity index (χ2v) is 16.7. The van der Waals surface area contributed by atoms with Crippen LogP contribution in [0.2, 0.25) is 0 Å². The van der Waals surface area contributed by atoms with Crippen molar-refractivity contribution in [3.05, 3.63) is 12.2 Å². The van der Waals surface area contributed by atoms with Gasteiger partial charge in [0.1, 0.15) is 13.2 Å². The van der Waals surface area contributed by atoms with Crippen molar-refractivity contribution in [2.45, 2.75) is 277 Å². The molecule has 0 aromatic heterocycles. The Bertz CT molecular complexity index is 870. The Hall–Kier alpha value is -1.85. The highest BCUT2D eigenvalue weighted by molar-refractivity contribution is 5.71. The van der Waals surface area contributed by atoms with Gasteiger partial charge in [-0.1, -0.05) is 219 Å². The lowest BCUT2D eigenvalue weighted by Gasteiger charge is -2.18. The molecular weight excluding hydrogens is 697 g/mol. The number of hydrogen-bond donors (Lipinski definition) is 0. The zero-order chi connectivity index (χ0) is 40.8. The van der Waals surface area contributed by atoms with Crippen molar-refractivity contribution in [2.75, 3.05) is 13.2 Å². The second kappa shape index (κ2) is 45.8. The molecule has 0 radical (unpaired) electrons. The van der Waals surface area contributed by atoms with Crippen LogP contribution in [0, 0.1) is 0 Å². The summed E-state index contributed by atoms with van der Waals surface area (Å²) in [4.78, 5) is 37.8. The van der Waals surface area contributed by atoms with Crippen LogP contribution in [0.3, 0.4) is 0 Å². The lowest BCUT2D eigenvalue weighted by Crippen LogP contribution is -2.30. The van der Waals surface area contributed by atoms with E-state index in [2.05, 4.69) is 32.9 Å². The number of esters is 3. The zero-order valence-electron chi connectivity index (χ0n) is 37.7. The van der Waals surface area contributed by atoms with E-state index in [1.54, 1.807) is 0 Å². The first-order valence-corrected chi connectivity index (χ1v) is 24.7. The van der Waals surface area contributed by atoms with E-state index in [0.717, 1.165) is 64.2 Å². The fourth-order valence-electron chi connectivity index (χ4n) is 7.26. The summed E-state index contributed by atoms with van der Waals surface area (Å²) >= 11 is 0. The number of ether oxygens (including phenoxy) is 3. The molecule has 6 nitrogen and oxygen atoms in total. The van der Waals surface area contributed by atoms with Crippen molar-refractivity contribution in [3.63, 3.8) is 0 Å². The van der Waals surface area contributed by atoms with Gasteiger partial charge in [0.2, 0.25) is 0 Å². The molecule has 0 saturated carbocycles. The number of unbranched alkanes of at least 4 members (excludes halogenated alkanes) is 32. The molecule has 0 saturated heterocycles. The van der Waals surface area contributed by atoms with E-state index in [4.69, 9.17) is 14.2 Å². The van der Waals surface area contributed by atoms with E-state index in [-0.39, 0.29) is 31.1 Å². The highest BCUT2D eigenvalue weighted by Crippen LogP contribution is 2.16. The molecular formula is C50H94O6.